The van der Waals surface area contributed by atoms with Crippen LogP contribution in [0, 0.1) is 6.92 Å². The number of benzene rings is 2. The molecule has 0 bridgehead atoms. The smallest absolute Gasteiger partial charge is 0.305 e. The van der Waals surface area contributed by atoms with Crippen LogP contribution >= 0.6 is 11.3 Å². The number of fused-ring (bicyclic) bond motifs is 2. The molecule has 0 aliphatic heterocycles. The summed E-state index contributed by atoms with van der Waals surface area (Å²) in [6, 6.07) is 12.2. The average molecular weight is 661 g/mol. The Hall–Kier alpha value is -5.24. The Morgan fingerprint density at radius 2 is 1.81 bits per heavy atom. The van der Waals surface area contributed by atoms with Gasteiger partial charge < -0.3 is 24.5 Å². The van der Waals surface area contributed by atoms with E-state index in [0.29, 0.717) is 71.6 Å². The van der Waals surface area contributed by atoms with E-state index in [-0.39, 0.29) is 24.5 Å². The molecule has 0 spiro atoms. The third-order valence-corrected chi connectivity index (χ3v) is 8.73. The number of imidazole rings is 1. The van der Waals surface area contributed by atoms with Crippen molar-refractivity contribution in [3.8, 4) is 11.5 Å². The van der Waals surface area contributed by atoms with E-state index < -0.39 is 11.9 Å². The number of aromatic nitrogens is 4. The molecular formula is C33H36N6O7S. The lowest BCUT2D eigenvalue weighted by Gasteiger charge is -2.13. The zero-order valence-electron chi connectivity index (χ0n) is 26.6. The zero-order valence-corrected chi connectivity index (χ0v) is 27.4. The standard InChI is InChI=1S/C33H36N6O7S/c1-5-39-24(14-19(2)37-39)32(43)36-33-35-22-15-20(31(34)42)8-9-23(22)38(33)12-6-7-13-46-27-16-21-17-29(25(40)10-11-30(41)45-4)47-28(21)18-26(27)44-3/h8-9,14-18H,5-7,10-13H2,1-4H3,(H2,34,42)(H,35,36,43). The van der Waals surface area contributed by atoms with Crippen molar-refractivity contribution in [2.24, 2.45) is 5.73 Å². The number of rotatable bonds is 15. The van der Waals surface area contributed by atoms with Gasteiger partial charge in [-0.25, -0.2) is 4.98 Å². The molecule has 13 nitrogen and oxygen atoms in total. The fourth-order valence-electron chi connectivity index (χ4n) is 5.19. The first-order valence-electron chi connectivity index (χ1n) is 15.1. The lowest BCUT2D eigenvalue weighted by molar-refractivity contribution is -0.140. The number of esters is 1. The van der Waals surface area contributed by atoms with Crippen molar-refractivity contribution < 1.29 is 33.4 Å². The SMILES string of the molecule is CCn1nc(C)cc1C(=O)Nc1nc2cc(C(N)=O)ccc2n1CCCCOc1cc2cc(C(=O)CCC(=O)OC)sc2cc1OC. The summed E-state index contributed by atoms with van der Waals surface area (Å²) >= 11 is 1.34. The van der Waals surface area contributed by atoms with Crippen LogP contribution in [-0.2, 0) is 22.6 Å². The van der Waals surface area contributed by atoms with E-state index in [4.69, 9.17) is 15.2 Å². The minimum Gasteiger partial charge on any atom is -0.493 e. The van der Waals surface area contributed by atoms with Gasteiger partial charge in [0.1, 0.15) is 5.69 Å². The number of nitrogens with one attached hydrogen (secondary N) is 1. The number of ketones is 1. The summed E-state index contributed by atoms with van der Waals surface area (Å²) in [5.41, 5.74) is 8.24. The fourth-order valence-corrected chi connectivity index (χ4v) is 6.23. The van der Waals surface area contributed by atoms with Crippen LogP contribution in [0.2, 0.25) is 0 Å². The Labute approximate surface area is 274 Å². The summed E-state index contributed by atoms with van der Waals surface area (Å²) in [5, 5.41) is 8.12. The molecule has 0 radical (unpaired) electrons. The molecular weight excluding hydrogens is 624 g/mol. The molecule has 5 rings (SSSR count). The minimum atomic E-state index is -0.566. The van der Waals surface area contributed by atoms with Crippen LogP contribution in [0.1, 0.15) is 68.8 Å². The molecule has 3 aromatic heterocycles. The monoisotopic (exact) mass is 660 g/mol. The van der Waals surface area contributed by atoms with Crippen LogP contribution in [0.5, 0.6) is 11.5 Å². The van der Waals surface area contributed by atoms with Crippen molar-refractivity contribution in [2.45, 2.75) is 52.6 Å². The highest BCUT2D eigenvalue weighted by Gasteiger charge is 2.19. The van der Waals surface area contributed by atoms with Crippen LogP contribution in [-0.4, -0.2) is 63.7 Å². The predicted molar refractivity (Wildman–Crippen MR) is 178 cm³/mol. The van der Waals surface area contributed by atoms with Gasteiger partial charge in [0.2, 0.25) is 11.9 Å². The van der Waals surface area contributed by atoms with E-state index in [1.54, 1.807) is 42.1 Å². The first-order valence-corrected chi connectivity index (χ1v) is 15.9. The number of anilines is 1. The van der Waals surface area contributed by atoms with Crippen LogP contribution in [0.3, 0.4) is 0 Å². The first-order chi connectivity index (χ1) is 22.6. The summed E-state index contributed by atoms with van der Waals surface area (Å²) in [6.07, 6.45) is 1.45. The van der Waals surface area contributed by atoms with E-state index in [2.05, 4.69) is 20.1 Å². The van der Waals surface area contributed by atoms with Gasteiger partial charge in [0.05, 0.1) is 48.9 Å². The summed E-state index contributed by atoms with van der Waals surface area (Å²) in [5.74, 6) is -0.0187. The summed E-state index contributed by atoms with van der Waals surface area (Å²) in [6.45, 7) is 5.17. The molecule has 0 saturated carbocycles. The predicted octanol–water partition coefficient (Wildman–Crippen LogP) is 5.13. The number of hydrogen-bond acceptors (Lipinski definition) is 10. The molecule has 47 heavy (non-hydrogen) atoms. The number of carbonyl (C=O) groups is 4. The van der Waals surface area contributed by atoms with Gasteiger partial charge in [-0.3, -0.25) is 29.2 Å². The lowest BCUT2D eigenvalue weighted by Crippen LogP contribution is -2.20. The largest absolute Gasteiger partial charge is 0.493 e. The second-order valence-electron chi connectivity index (χ2n) is 10.8. The van der Waals surface area contributed by atoms with Crippen LogP contribution in [0.4, 0.5) is 5.95 Å². The number of ether oxygens (including phenoxy) is 3. The number of carbonyl (C=O) groups excluding carboxylic acids is 4. The maximum Gasteiger partial charge on any atom is 0.305 e. The number of methoxy groups -OCH3 is 2. The van der Waals surface area contributed by atoms with Gasteiger partial charge in [-0.2, -0.15) is 5.10 Å². The second-order valence-corrected chi connectivity index (χ2v) is 11.9. The van der Waals surface area contributed by atoms with E-state index in [0.717, 1.165) is 21.3 Å². The van der Waals surface area contributed by atoms with Crippen LogP contribution in [0.15, 0.2) is 42.5 Å². The molecule has 0 aliphatic carbocycles. The van der Waals surface area contributed by atoms with Gasteiger partial charge in [-0.15, -0.1) is 11.3 Å². The van der Waals surface area contributed by atoms with E-state index in [1.807, 2.05) is 30.5 Å². The fraction of sp³-hybridized carbons (Fsp3) is 0.333. The number of hydrogen-bond donors (Lipinski definition) is 2. The molecule has 0 atom stereocenters. The van der Waals surface area contributed by atoms with Crippen molar-refractivity contribution in [2.75, 3.05) is 26.1 Å². The maximum atomic E-state index is 13.2. The number of nitrogens with zero attached hydrogens (tertiary/aromatic N) is 4. The highest BCUT2D eigenvalue weighted by atomic mass is 32.1. The number of Topliss-reactive ketones (excluding diaryl/α,β-unsaturated/α-hetero) is 1. The molecule has 0 saturated heterocycles. The van der Waals surface area contributed by atoms with Crippen molar-refractivity contribution in [3.63, 3.8) is 0 Å². The Balaban J connectivity index is 1.27. The number of unbranched alkanes of at least 4 members (excludes halogenated alkanes) is 1. The summed E-state index contributed by atoms with van der Waals surface area (Å²) in [7, 11) is 2.85. The second kappa shape index (κ2) is 14.5. The Morgan fingerprint density at radius 3 is 2.53 bits per heavy atom. The molecule has 3 N–H and O–H groups in total. The number of primary amides is 1. The van der Waals surface area contributed by atoms with Gasteiger partial charge >= 0.3 is 5.97 Å². The zero-order chi connectivity index (χ0) is 33.7. The third kappa shape index (κ3) is 7.43. The minimum absolute atomic E-state index is 0.0304. The third-order valence-electron chi connectivity index (χ3n) is 7.59. The van der Waals surface area contributed by atoms with E-state index >= 15 is 0 Å². The van der Waals surface area contributed by atoms with Gasteiger partial charge in [0, 0.05) is 35.8 Å². The summed E-state index contributed by atoms with van der Waals surface area (Å²) in [4.78, 5) is 54.3. The average Bonchev–Trinajstić information content (AvgIpc) is 3.76. The molecule has 14 heteroatoms. The molecule has 5 aromatic rings. The molecule has 2 amide bonds. The number of amides is 2. The van der Waals surface area contributed by atoms with Crippen molar-refractivity contribution in [1.29, 1.82) is 0 Å². The highest BCUT2D eigenvalue weighted by molar-refractivity contribution is 7.20. The highest BCUT2D eigenvalue weighted by Crippen LogP contribution is 2.37. The maximum absolute atomic E-state index is 13.2. The Morgan fingerprint density at radius 1 is 1.00 bits per heavy atom. The van der Waals surface area contributed by atoms with E-state index in [9.17, 15) is 19.2 Å². The molecule has 2 aromatic carbocycles. The molecule has 0 fully saturated rings. The van der Waals surface area contributed by atoms with Crippen LogP contribution < -0.4 is 20.5 Å². The molecule has 3 heterocycles. The normalized spacial score (nSPS) is 11.1. The Kier molecular flexibility index (Phi) is 10.2. The number of thiophene rings is 1. The van der Waals surface area contributed by atoms with Crippen LogP contribution in [0.25, 0.3) is 21.1 Å². The lowest BCUT2D eigenvalue weighted by atomic mass is 10.1. The van der Waals surface area contributed by atoms with Gasteiger partial charge in [0.25, 0.3) is 5.91 Å². The Bertz CT molecular complexity index is 1970. The number of nitrogens with two attached hydrogens (primary N) is 1. The quantitative estimate of drug-likeness (QED) is 0.0878. The van der Waals surface area contributed by atoms with Crippen molar-refractivity contribution in [1.82, 2.24) is 19.3 Å². The number of aryl methyl sites for hydroxylation is 3. The molecule has 0 unspecified atom stereocenters. The first kappa shape index (κ1) is 33.1. The van der Waals surface area contributed by atoms with Crippen molar-refractivity contribution >= 4 is 62.0 Å². The summed E-state index contributed by atoms with van der Waals surface area (Å²) < 4.78 is 20.7. The van der Waals surface area contributed by atoms with Gasteiger partial charge in [0.15, 0.2) is 17.3 Å². The topological polar surface area (TPSA) is 170 Å². The molecule has 246 valence electrons. The molecule has 0 aliphatic rings. The van der Waals surface area contributed by atoms with Crippen molar-refractivity contribution in [3.05, 3.63) is 64.3 Å². The van der Waals surface area contributed by atoms with Gasteiger partial charge in [-0.1, -0.05) is 0 Å². The van der Waals surface area contributed by atoms with E-state index in [1.165, 1.54) is 18.4 Å². The van der Waals surface area contributed by atoms with Gasteiger partial charge in [-0.05, 0) is 68.5 Å².